The smallest absolute Gasteiger partial charge is 0.241 e. The standard InChI is InChI=1S/C21H28N2O4S/c1-15-10-16(2)12-19(11-15)23(28(5,25)26)13-21(24)22-18(4)14-27-20-9-7-6-8-17(20)3/h6-12,18H,13-14H2,1-5H3,(H,22,24)/t18-/m0/s1. The van der Waals surface area contributed by atoms with Crippen LogP contribution < -0.4 is 14.4 Å². The number of carbonyl (C=O) groups is 1. The Morgan fingerprint density at radius 3 is 2.29 bits per heavy atom. The predicted molar refractivity (Wildman–Crippen MR) is 112 cm³/mol. The first kappa shape index (κ1) is 21.8. The summed E-state index contributed by atoms with van der Waals surface area (Å²) < 4.78 is 31.4. The van der Waals surface area contributed by atoms with Gasteiger partial charge in [-0.25, -0.2) is 8.42 Å². The SMILES string of the molecule is Cc1cc(C)cc(N(CC(=O)N[C@@H](C)COc2ccccc2C)S(C)(=O)=O)c1. The van der Waals surface area contributed by atoms with E-state index in [4.69, 9.17) is 4.74 Å². The number of sulfonamides is 1. The number of hydrogen-bond donors (Lipinski definition) is 1. The molecule has 0 saturated carbocycles. The lowest BCUT2D eigenvalue weighted by Crippen LogP contribution is -2.45. The number of aryl methyl sites for hydroxylation is 3. The lowest BCUT2D eigenvalue weighted by Gasteiger charge is -2.24. The van der Waals surface area contributed by atoms with Gasteiger partial charge in [-0.15, -0.1) is 0 Å². The summed E-state index contributed by atoms with van der Waals surface area (Å²) in [6.07, 6.45) is 1.10. The summed E-state index contributed by atoms with van der Waals surface area (Å²) in [6, 6.07) is 12.8. The molecule has 0 aromatic heterocycles. The normalized spacial score (nSPS) is 12.3. The van der Waals surface area contributed by atoms with Crippen molar-refractivity contribution >= 4 is 21.6 Å². The Bertz CT molecular complexity index is 921. The minimum Gasteiger partial charge on any atom is -0.491 e. The van der Waals surface area contributed by atoms with E-state index in [1.54, 1.807) is 12.1 Å². The third kappa shape index (κ3) is 6.27. The monoisotopic (exact) mass is 404 g/mol. The fraction of sp³-hybridized carbons (Fsp3) is 0.381. The Labute approximate surface area is 167 Å². The average Bonchev–Trinajstić information content (AvgIpc) is 2.57. The zero-order valence-electron chi connectivity index (χ0n) is 17.0. The van der Waals surface area contributed by atoms with Crippen molar-refractivity contribution < 1.29 is 17.9 Å². The van der Waals surface area contributed by atoms with E-state index in [1.807, 2.05) is 58.0 Å². The molecule has 0 radical (unpaired) electrons. The zero-order valence-corrected chi connectivity index (χ0v) is 17.8. The van der Waals surface area contributed by atoms with Crippen LogP contribution in [-0.2, 0) is 14.8 Å². The fourth-order valence-electron chi connectivity index (χ4n) is 2.92. The molecule has 0 saturated heterocycles. The molecule has 0 aliphatic rings. The van der Waals surface area contributed by atoms with E-state index in [0.717, 1.165) is 33.0 Å². The number of carbonyl (C=O) groups excluding carboxylic acids is 1. The van der Waals surface area contributed by atoms with E-state index in [1.165, 1.54) is 0 Å². The molecule has 0 aliphatic carbocycles. The molecule has 0 aliphatic heterocycles. The van der Waals surface area contributed by atoms with Crippen molar-refractivity contribution in [3.63, 3.8) is 0 Å². The van der Waals surface area contributed by atoms with Gasteiger partial charge in [0.15, 0.2) is 0 Å². The van der Waals surface area contributed by atoms with E-state index in [-0.39, 0.29) is 18.5 Å². The minimum atomic E-state index is -3.60. The van der Waals surface area contributed by atoms with Crippen LogP contribution in [0.5, 0.6) is 5.75 Å². The number of nitrogens with zero attached hydrogens (tertiary/aromatic N) is 1. The molecule has 28 heavy (non-hydrogen) atoms. The van der Waals surface area contributed by atoms with Crippen molar-refractivity contribution in [2.75, 3.05) is 23.7 Å². The molecule has 2 rings (SSSR count). The number of para-hydroxylation sites is 1. The number of benzene rings is 2. The lowest BCUT2D eigenvalue weighted by molar-refractivity contribution is -0.120. The van der Waals surface area contributed by atoms with Crippen molar-refractivity contribution in [2.45, 2.75) is 33.7 Å². The number of ether oxygens (including phenoxy) is 1. The van der Waals surface area contributed by atoms with E-state index in [2.05, 4.69) is 5.32 Å². The van der Waals surface area contributed by atoms with Crippen LogP contribution >= 0.6 is 0 Å². The number of amides is 1. The summed E-state index contributed by atoms with van der Waals surface area (Å²) in [7, 11) is -3.60. The van der Waals surface area contributed by atoms with E-state index < -0.39 is 10.0 Å². The van der Waals surface area contributed by atoms with Gasteiger partial charge in [-0.1, -0.05) is 24.3 Å². The molecule has 0 heterocycles. The molecular weight excluding hydrogens is 376 g/mol. The summed E-state index contributed by atoms with van der Waals surface area (Å²) >= 11 is 0. The number of anilines is 1. The van der Waals surface area contributed by atoms with Gasteiger partial charge < -0.3 is 10.1 Å². The molecule has 1 amide bonds. The molecule has 2 aromatic carbocycles. The highest BCUT2D eigenvalue weighted by molar-refractivity contribution is 7.92. The fourth-order valence-corrected chi connectivity index (χ4v) is 3.76. The van der Waals surface area contributed by atoms with Gasteiger partial charge in [-0.05, 0) is 62.6 Å². The van der Waals surface area contributed by atoms with Gasteiger partial charge >= 0.3 is 0 Å². The van der Waals surface area contributed by atoms with Crippen LogP contribution in [0.3, 0.4) is 0 Å². The molecule has 0 spiro atoms. The van der Waals surface area contributed by atoms with Crippen LogP contribution in [0.25, 0.3) is 0 Å². The van der Waals surface area contributed by atoms with Crippen molar-refractivity contribution in [3.8, 4) is 5.75 Å². The van der Waals surface area contributed by atoms with Gasteiger partial charge in [0.25, 0.3) is 0 Å². The van der Waals surface area contributed by atoms with Crippen LogP contribution in [0.15, 0.2) is 42.5 Å². The maximum Gasteiger partial charge on any atom is 0.241 e. The average molecular weight is 405 g/mol. The number of hydrogen-bond acceptors (Lipinski definition) is 4. The second kappa shape index (κ2) is 9.10. The van der Waals surface area contributed by atoms with Crippen LogP contribution in [0.2, 0.25) is 0 Å². The molecule has 7 heteroatoms. The van der Waals surface area contributed by atoms with Crippen LogP contribution in [0, 0.1) is 20.8 Å². The largest absolute Gasteiger partial charge is 0.491 e. The van der Waals surface area contributed by atoms with E-state index in [0.29, 0.717) is 12.3 Å². The third-order valence-corrected chi connectivity index (χ3v) is 5.31. The third-order valence-electron chi connectivity index (χ3n) is 4.17. The summed E-state index contributed by atoms with van der Waals surface area (Å²) in [4.78, 5) is 12.5. The first-order valence-electron chi connectivity index (χ1n) is 9.10. The van der Waals surface area contributed by atoms with E-state index in [9.17, 15) is 13.2 Å². The number of nitrogens with one attached hydrogen (secondary N) is 1. The number of rotatable bonds is 8. The van der Waals surface area contributed by atoms with Crippen LogP contribution in [0.4, 0.5) is 5.69 Å². The van der Waals surface area contributed by atoms with Gasteiger partial charge in [0.2, 0.25) is 15.9 Å². The van der Waals surface area contributed by atoms with Crippen LogP contribution in [0.1, 0.15) is 23.6 Å². The Morgan fingerprint density at radius 2 is 1.71 bits per heavy atom. The highest BCUT2D eigenvalue weighted by Crippen LogP contribution is 2.21. The van der Waals surface area contributed by atoms with Crippen molar-refractivity contribution in [1.82, 2.24) is 5.32 Å². The predicted octanol–water partition coefficient (Wildman–Crippen LogP) is 2.96. The van der Waals surface area contributed by atoms with Gasteiger partial charge in [0.1, 0.15) is 18.9 Å². The first-order valence-corrected chi connectivity index (χ1v) is 10.9. The molecule has 2 aromatic rings. The molecule has 1 N–H and O–H groups in total. The van der Waals surface area contributed by atoms with Gasteiger partial charge in [0, 0.05) is 0 Å². The first-order chi connectivity index (χ1) is 13.1. The maximum absolute atomic E-state index is 12.5. The topological polar surface area (TPSA) is 75.7 Å². The van der Waals surface area contributed by atoms with Crippen molar-refractivity contribution in [2.24, 2.45) is 0 Å². The van der Waals surface area contributed by atoms with Gasteiger partial charge in [-0.3, -0.25) is 9.10 Å². The maximum atomic E-state index is 12.5. The summed E-state index contributed by atoms with van der Waals surface area (Å²) in [6.45, 7) is 7.56. The molecule has 152 valence electrons. The molecular formula is C21H28N2O4S. The summed E-state index contributed by atoms with van der Waals surface area (Å²) in [5, 5.41) is 2.80. The highest BCUT2D eigenvalue weighted by Gasteiger charge is 2.22. The molecule has 1 atom stereocenters. The molecule has 0 fully saturated rings. The molecule has 6 nitrogen and oxygen atoms in total. The minimum absolute atomic E-state index is 0.271. The summed E-state index contributed by atoms with van der Waals surface area (Å²) in [5.41, 5.74) is 3.37. The molecule has 0 bridgehead atoms. The van der Waals surface area contributed by atoms with E-state index >= 15 is 0 Å². The second-order valence-electron chi connectivity index (χ2n) is 7.16. The van der Waals surface area contributed by atoms with Gasteiger partial charge in [0.05, 0.1) is 18.0 Å². The quantitative estimate of drug-likeness (QED) is 0.734. The Balaban J connectivity index is 2.02. The second-order valence-corrected chi connectivity index (χ2v) is 9.07. The highest BCUT2D eigenvalue weighted by atomic mass is 32.2. The van der Waals surface area contributed by atoms with Crippen molar-refractivity contribution in [1.29, 1.82) is 0 Å². The zero-order chi connectivity index (χ0) is 20.9. The Hall–Kier alpha value is -2.54. The van der Waals surface area contributed by atoms with Gasteiger partial charge in [-0.2, -0.15) is 0 Å². The van der Waals surface area contributed by atoms with Crippen LogP contribution in [-0.4, -0.2) is 39.8 Å². The Kier molecular flexibility index (Phi) is 7.07. The lowest BCUT2D eigenvalue weighted by atomic mass is 10.1. The molecule has 0 unspecified atom stereocenters. The summed E-state index contributed by atoms with van der Waals surface area (Å²) in [5.74, 6) is 0.377. The van der Waals surface area contributed by atoms with Crippen molar-refractivity contribution in [3.05, 3.63) is 59.2 Å². The Morgan fingerprint density at radius 1 is 1.11 bits per heavy atom.